The van der Waals surface area contributed by atoms with Crippen molar-refractivity contribution in [2.24, 2.45) is 0 Å². The maximum atomic E-state index is 13.3. The Kier molecular flexibility index (Phi) is 4.77. The topological polar surface area (TPSA) is 17.0 Å². The van der Waals surface area contributed by atoms with Gasteiger partial charge in [-0.2, -0.15) is 0 Å². The molecule has 1 aromatic heterocycles. The molecular weight excluding hydrogens is 307 g/mol. The van der Waals surface area contributed by atoms with Gasteiger partial charge < -0.3 is 9.88 Å². The van der Waals surface area contributed by atoms with E-state index >= 15 is 0 Å². The second-order valence-electron chi connectivity index (χ2n) is 4.64. The van der Waals surface area contributed by atoms with Gasteiger partial charge in [0.15, 0.2) is 0 Å². The average Bonchev–Trinajstić information content (AvgIpc) is 2.78. The first-order valence-electron chi connectivity index (χ1n) is 6.40. The highest BCUT2D eigenvalue weighted by molar-refractivity contribution is 9.10. The van der Waals surface area contributed by atoms with E-state index in [0.29, 0.717) is 12.6 Å². The zero-order chi connectivity index (χ0) is 13.8. The number of rotatable bonds is 5. The summed E-state index contributed by atoms with van der Waals surface area (Å²) in [4.78, 5) is 0. The summed E-state index contributed by atoms with van der Waals surface area (Å²) in [7, 11) is 1.97. The number of hydrogen-bond acceptors (Lipinski definition) is 1. The number of benzene rings is 1. The fraction of sp³-hybridized carbons (Fsp3) is 0.333. The molecule has 2 aromatic rings. The summed E-state index contributed by atoms with van der Waals surface area (Å²) in [5.74, 6) is -0.210. The van der Waals surface area contributed by atoms with Crippen LogP contribution in [-0.4, -0.2) is 11.6 Å². The van der Waals surface area contributed by atoms with Gasteiger partial charge in [0, 0.05) is 29.5 Å². The summed E-state index contributed by atoms with van der Waals surface area (Å²) in [6, 6.07) is 7.47. The predicted octanol–water partition coefficient (Wildman–Crippen LogP) is 4.11. The quantitative estimate of drug-likeness (QED) is 0.875. The van der Waals surface area contributed by atoms with Crippen molar-refractivity contribution in [1.29, 1.82) is 0 Å². The summed E-state index contributed by atoms with van der Waals surface area (Å²) >= 11 is 3.32. The van der Waals surface area contributed by atoms with Crippen molar-refractivity contribution in [3.05, 3.63) is 58.1 Å². The molecule has 19 heavy (non-hydrogen) atoms. The molecule has 2 rings (SSSR count). The first kappa shape index (κ1) is 14.3. The minimum Gasteiger partial charge on any atom is -0.350 e. The van der Waals surface area contributed by atoms with Gasteiger partial charge in [0.1, 0.15) is 5.82 Å². The van der Waals surface area contributed by atoms with Gasteiger partial charge in [-0.1, -0.05) is 22.9 Å². The van der Waals surface area contributed by atoms with Gasteiger partial charge in [-0.3, -0.25) is 0 Å². The third-order valence-corrected chi connectivity index (χ3v) is 3.68. The molecule has 0 saturated heterocycles. The van der Waals surface area contributed by atoms with Crippen LogP contribution in [0.25, 0.3) is 0 Å². The second kappa shape index (κ2) is 6.35. The molecule has 0 fully saturated rings. The molecule has 1 N–H and O–H groups in total. The molecule has 0 spiro atoms. The summed E-state index contributed by atoms with van der Waals surface area (Å²) in [6.45, 7) is 2.83. The van der Waals surface area contributed by atoms with Crippen LogP contribution in [0.15, 0.2) is 41.1 Å². The van der Waals surface area contributed by atoms with E-state index in [-0.39, 0.29) is 5.82 Å². The van der Waals surface area contributed by atoms with Crippen molar-refractivity contribution in [1.82, 2.24) is 9.88 Å². The third-order valence-electron chi connectivity index (χ3n) is 3.22. The highest BCUT2D eigenvalue weighted by Crippen LogP contribution is 2.19. The molecule has 102 valence electrons. The monoisotopic (exact) mass is 324 g/mol. The maximum absolute atomic E-state index is 13.3. The van der Waals surface area contributed by atoms with Gasteiger partial charge in [0.25, 0.3) is 0 Å². The number of aromatic nitrogens is 1. The molecule has 0 saturated carbocycles. The lowest BCUT2D eigenvalue weighted by atomic mass is 10.1. The number of halogens is 2. The Hall–Kier alpha value is -1.13. The summed E-state index contributed by atoms with van der Waals surface area (Å²) in [5, 5.41) is 3.28. The van der Waals surface area contributed by atoms with Crippen LogP contribution in [0.2, 0.25) is 0 Å². The molecule has 1 aromatic carbocycles. The van der Waals surface area contributed by atoms with Gasteiger partial charge >= 0.3 is 0 Å². The van der Waals surface area contributed by atoms with Gasteiger partial charge in [0.2, 0.25) is 0 Å². The van der Waals surface area contributed by atoms with E-state index in [4.69, 9.17) is 0 Å². The Morgan fingerprint density at radius 1 is 1.37 bits per heavy atom. The van der Waals surface area contributed by atoms with E-state index < -0.39 is 0 Å². The van der Waals surface area contributed by atoms with Crippen molar-refractivity contribution < 1.29 is 4.39 Å². The molecule has 0 aliphatic carbocycles. The number of hydrogen-bond donors (Lipinski definition) is 1. The van der Waals surface area contributed by atoms with Crippen LogP contribution >= 0.6 is 15.9 Å². The van der Waals surface area contributed by atoms with Crippen LogP contribution < -0.4 is 5.32 Å². The Labute approximate surface area is 121 Å². The number of nitrogens with one attached hydrogen (secondary N) is 1. The maximum Gasteiger partial charge on any atom is 0.124 e. The molecule has 1 unspecified atom stereocenters. The van der Waals surface area contributed by atoms with Crippen molar-refractivity contribution in [3.63, 3.8) is 0 Å². The first-order valence-corrected chi connectivity index (χ1v) is 7.19. The van der Waals surface area contributed by atoms with Crippen LogP contribution in [0.1, 0.15) is 30.5 Å². The van der Waals surface area contributed by atoms with Crippen LogP contribution in [0.5, 0.6) is 0 Å². The Morgan fingerprint density at radius 3 is 2.79 bits per heavy atom. The smallest absolute Gasteiger partial charge is 0.124 e. The molecule has 1 heterocycles. The lowest BCUT2D eigenvalue weighted by molar-refractivity contribution is 0.575. The first-order chi connectivity index (χ1) is 9.12. The lowest BCUT2D eigenvalue weighted by Gasteiger charge is -2.11. The van der Waals surface area contributed by atoms with Gasteiger partial charge in [-0.25, -0.2) is 4.39 Å². The summed E-state index contributed by atoms with van der Waals surface area (Å²) < 4.78 is 16.2. The van der Waals surface area contributed by atoms with Crippen molar-refractivity contribution in [2.75, 3.05) is 7.05 Å². The Bertz CT molecular complexity index is 527. The van der Waals surface area contributed by atoms with Crippen LogP contribution in [0, 0.1) is 5.82 Å². The van der Waals surface area contributed by atoms with Crippen LogP contribution in [0.3, 0.4) is 0 Å². The number of nitrogens with zero attached hydrogens (tertiary/aromatic N) is 1. The molecule has 0 aliphatic rings. The molecule has 1 atom stereocenters. The standard InChI is InChI=1S/C15H18BrFN2/c1-3-15(18-2)12-4-5-19(10-12)9-11-6-13(16)8-14(17)7-11/h4-8,10,15,18H,3,9H2,1-2H3. The van der Waals surface area contributed by atoms with E-state index in [1.807, 2.05) is 19.3 Å². The molecule has 0 radical (unpaired) electrons. The minimum atomic E-state index is -0.210. The minimum absolute atomic E-state index is 0.210. The third kappa shape index (κ3) is 3.67. The van der Waals surface area contributed by atoms with Gasteiger partial charge in [0.05, 0.1) is 0 Å². The lowest BCUT2D eigenvalue weighted by Crippen LogP contribution is -2.14. The fourth-order valence-corrected chi connectivity index (χ4v) is 2.80. The zero-order valence-corrected chi connectivity index (χ0v) is 12.7. The molecule has 0 bridgehead atoms. The largest absolute Gasteiger partial charge is 0.350 e. The fourth-order valence-electron chi connectivity index (χ4n) is 2.28. The Balaban J connectivity index is 2.15. The van der Waals surface area contributed by atoms with Crippen LogP contribution in [0.4, 0.5) is 4.39 Å². The van der Waals surface area contributed by atoms with E-state index in [1.54, 1.807) is 6.07 Å². The van der Waals surface area contributed by atoms with E-state index in [0.717, 1.165) is 16.5 Å². The zero-order valence-electron chi connectivity index (χ0n) is 11.2. The highest BCUT2D eigenvalue weighted by atomic mass is 79.9. The predicted molar refractivity (Wildman–Crippen MR) is 79.7 cm³/mol. The average molecular weight is 325 g/mol. The molecular formula is C15H18BrFN2. The van der Waals surface area contributed by atoms with E-state index in [2.05, 4.69) is 45.0 Å². The summed E-state index contributed by atoms with van der Waals surface area (Å²) in [5.41, 5.74) is 2.21. The second-order valence-corrected chi connectivity index (χ2v) is 5.56. The normalized spacial score (nSPS) is 12.6. The van der Waals surface area contributed by atoms with Crippen molar-refractivity contribution in [2.45, 2.75) is 25.9 Å². The van der Waals surface area contributed by atoms with Crippen LogP contribution in [-0.2, 0) is 6.54 Å². The van der Waals surface area contributed by atoms with E-state index in [9.17, 15) is 4.39 Å². The molecule has 0 amide bonds. The molecule has 2 nitrogen and oxygen atoms in total. The van der Waals surface area contributed by atoms with Gasteiger partial charge in [-0.15, -0.1) is 0 Å². The molecule has 0 aliphatic heterocycles. The summed E-state index contributed by atoms with van der Waals surface area (Å²) in [6.07, 6.45) is 5.20. The van der Waals surface area contributed by atoms with E-state index in [1.165, 1.54) is 11.6 Å². The van der Waals surface area contributed by atoms with Crippen molar-refractivity contribution >= 4 is 15.9 Å². The van der Waals surface area contributed by atoms with Gasteiger partial charge in [-0.05, 0) is 48.9 Å². The highest BCUT2D eigenvalue weighted by Gasteiger charge is 2.08. The molecule has 4 heteroatoms. The van der Waals surface area contributed by atoms with Crippen molar-refractivity contribution in [3.8, 4) is 0 Å². The Morgan fingerprint density at radius 2 is 2.16 bits per heavy atom. The SMILES string of the molecule is CCC(NC)c1ccn(Cc2cc(F)cc(Br)c2)c1.